The number of aryl methyl sites for hydroxylation is 1. The maximum Gasteiger partial charge on any atom is 0.151 e. The Hall–Kier alpha value is -1.56. The summed E-state index contributed by atoms with van der Waals surface area (Å²) in [6.45, 7) is 4.04. The van der Waals surface area contributed by atoms with Gasteiger partial charge in [-0.15, -0.1) is 0 Å². The predicted octanol–water partition coefficient (Wildman–Crippen LogP) is 1.44. The quantitative estimate of drug-likeness (QED) is 0.618. The second-order valence-electron chi connectivity index (χ2n) is 2.69. The maximum absolute atomic E-state index is 10.5. The van der Waals surface area contributed by atoms with E-state index in [0.29, 0.717) is 12.1 Å². The van der Waals surface area contributed by atoms with E-state index in [1.165, 1.54) is 0 Å². The van der Waals surface area contributed by atoms with E-state index in [4.69, 9.17) is 5.26 Å². The third kappa shape index (κ3) is 1.24. The molecule has 0 aromatic carbocycles. The lowest BCUT2D eigenvalue weighted by Crippen LogP contribution is -2.00. The molecule has 0 fully saturated rings. The van der Waals surface area contributed by atoms with Crippen molar-refractivity contribution in [3.8, 4) is 6.07 Å². The third-order valence-electron chi connectivity index (χ3n) is 1.97. The SMILES string of the molecule is Cc1cc(C=O)c(C)n1CC#N. The molecular weight excluding hydrogens is 152 g/mol. The number of carbonyl (C=O) groups is 1. The minimum absolute atomic E-state index is 0.311. The highest BCUT2D eigenvalue weighted by molar-refractivity contribution is 5.77. The molecule has 62 valence electrons. The van der Waals surface area contributed by atoms with Gasteiger partial charge in [0, 0.05) is 17.0 Å². The van der Waals surface area contributed by atoms with E-state index in [1.54, 1.807) is 6.07 Å². The Kier molecular flexibility index (Phi) is 2.29. The molecule has 1 heterocycles. The first-order chi connectivity index (χ1) is 5.70. The molecule has 0 aliphatic carbocycles. The average Bonchev–Trinajstić information content (AvgIpc) is 2.32. The van der Waals surface area contributed by atoms with E-state index in [2.05, 4.69) is 6.07 Å². The van der Waals surface area contributed by atoms with Crippen LogP contribution in [0.4, 0.5) is 0 Å². The molecule has 1 rings (SSSR count). The van der Waals surface area contributed by atoms with Crippen molar-refractivity contribution >= 4 is 6.29 Å². The van der Waals surface area contributed by atoms with E-state index >= 15 is 0 Å². The van der Waals surface area contributed by atoms with Crippen LogP contribution >= 0.6 is 0 Å². The Balaban J connectivity index is 3.20. The highest BCUT2D eigenvalue weighted by atomic mass is 16.1. The van der Waals surface area contributed by atoms with Crippen LogP contribution in [0.15, 0.2) is 6.07 Å². The van der Waals surface area contributed by atoms with Crippen LogP contribution in [-0.4, -0.2) is 10.9 Å². The average molecular weight is 162 g/mol. The molecule has 0 spiro atoms. The Morgan fingerprint density at radius 3 is 2.75 bits per heavy atom. The fourth-order valence-electron chi connectivity index (χ4n) is 1.26. The van der Waals surface area contributed by atoms with Gasteiger partial charge in [0.25, 0.3) is 0 Å². The van der Waals surface area contributed by atoms with Crippen LogP contribution in [0.1, 0.15) is 21.7 Å². The van der Waals surface area contributed by atoms with Crippen molar-refractivity contribution < 1.29 is 4.79 Å². The summed E-state index contributed by atoms with van der Waals surface area (Å²) in [4.78, 5) is 10.5. The number of nitrogens with zero attached hydrogens (tertiary/aromatic N) is 2. The normalized spacial score (nSPS) is 9.42. The summed E-state index contributed by atoms with van der Waals surface area (Å²) < 4.78 is 1.82. The smallest absolute Gasteiger partial charge is 0.151 e. The van der Waals surface area contributed by atoms with Gasteiger partial charge in [-0.25, -0.2) is 0 Å². The minimum Gasteiger partial charge on any atom is -0.335 e. The van der Waals surface area contributed by atoms with Gasteiger partial charge in [0.2, 0.25) is 0 Å². The molecule has 0 amide bonds. The molecule has 3 nitrogen and oxygen atoms in total. The zero-order valence-electron chi connectivity index (χ0n) is 7.16. The van der Waals surface area contributed by atoms with Gasteiger partial charge >= 0.3 is 0 Å². The molecule has 0 aliphatic rings. The second kappa shape index (κ2) is 3.22. The molecule has 1 aromatic rings. The number of rotatable bonds is 2. The lowest BCUT2D eigenvalue weighted by molar-refractivity contribution is 0.112. The molecule has 0 saturated heterocycles. The number of aromatic nitrogens is 1. The van der Waals surface area contributed by atoms with Crippen molar-refractivity contribution in [1.82, 2.24) is 4.57 Å². The van der Waals surface area contributed by atoms with Crippen LogP contribution in [0, 0.1) is 25.2 Å². The summed E-state index contributed by atoms with van der Waals surface area (Å²) in [6, 6.07) is 3.84. The van der Waals surface area contributed by atoms with Gasteiger partial charge < -0.3 is 4.57 Å². The monoisotopic (exact) mass is 162 g/mol. The van der Waals surface area contributed by atoms with Gasteiger partial charge in [-0.2, -0.15) is 5.26 Å². The van der Waals surface area contributed by atoms with Crippen LogP contribution in [0.2, 0.25) is 0 Å². The number of aldehydes is 1. The Bertz CT molecular complexity index is 344. The zero-order valence-corrected chi connectivity index (χ0v) is 7.16. The van der Waals surface area contributed by atoms with Crippen LogP contribution < -0.4 is 0 Å². The third-order valence-corrected chi connectivity index (χ3v) is 1.97. The molecular formula is C9H10N2O. The lowest BCUT2D eigenvalue weighted by atomic mass is 10.3. The standard InChI is InChI=1S/C9H10N2O/c1-7-5-9(6-12)8(2)11(7)4-3-10/h5-6H,4H2,1-2H3. The first-order valence-corrected chi connectivity index (χ1v) is 3.69. The lowest BCUT2D eigenvalue weighted by Gasteiger charge is -2.01. The summed E-state index contributed by atoms with van der Waals surface area (Å²) in [5.41, 5.74) is 2.49. The molecule has 12 heavy (non-hydrogen) atoms. The van der Waals surface area contributed by atoms with E-state index in [0.717, 1.165) is 17.7 Å². The highest BCUT2D eigenvalue weighted by Gasteiger charge is 2.06. The Morgan fingerprint density at radius 2 is 2.33 bits per heavy atom. The summed E-state index contributed by atoms with van der Waals surface area (Å²) in [5.74, 6) is 0. The van der Waals surface area contributed by atoms with Gasteiger partial charge in [-0.3, -0.25) is 4.79 Å². The fourth-order valence-corrected chi connectivity index (χ4v) is 1.26. The molecule has 0 atom stereocenters. The van der Waals surface area contributed by atoms with E-state index in [9.17, 15) is 4.79 Å². The van der Waals surface area contributed by atoms with Crippen molar-refractivity contribution in [2.75, 3.05) is 0 Å². The summed E-state index contributed by atoms with van der Waals surface area (Å²) in [6.07, 6.45) is 0.816. The minimum atomic E-state index is 0.311. The topological polar surface area (TPSA) is 45.8 Å². The predicted molar refractivity (Wildman–Crippen MR) is 44.9 cm³/mol. The second-order valence-corrected chi connectivity index (χ2v) is 2.69. The van der Waals surface area contributed by atoms with E-state index < -0.39 is 0 Å². The molecule has 0 N–H and O–H groups in total. The maximum atomic E-state index is 10.5. The molecule has 0 unspecified atom stereocenters. The van der Waals surface area contributed by atoms with Crippen molar-refractivity contribution in [3.63, 3.8) is 0 Å². The molecule has 1 aromatic heterocycles. The van der Waals surface area contributed by atoms with Crippen molar-refractivity contribution in [3.05, 3.63) is 23.0 Å². The van der Waals surface area contributed by atoms with Crippen LogP contribution in [-0.2, 0) is 6.54 Å². The van der Waals surface area contributed by atoms with Gasteiger partial charge in [0.1, 0.15) is 6.54 Å². The summed E-state index contributed by atoms with van der Waals surface area (Å²) >= 11 is 0. The van der Waals surface area contributed by atoms with Crippen LogP contribution in [0.3, 0.4) is 0 Å². The van der Waals surface area contributed by atoms with Gasteiger partial charge in [-0.1, -0.05) is 0 Å². The van der Waals surface area contributed by atoms with Crippen molar-refractivity contribution in [2.24, 2.45) is 0 Å². The Morgan fingerprint density at radius 1 is 1.67 bits per heavy atom. The zero-order chi connectivity index (χ0) is 9.14. The first-order valence-electron chi connectivity index (χ1n) is 3.69. The summed E-state index contributed by atoms with van der Waals surface area (Å²) in [7, 11) is 0. The van der Waals surface area contributed by atoms with Crippen LogP contribution in [0.5, 0.6) is 0 Å². The Labute approximate surface area is 71.2 Å². The van der Waals surface area contributed by atoms with Crippen LogP contribution in [0.25, 0.3) is 0 Å². The summed E-state index contributed by atoms with van der Waals surface area (Å²) in [5, 5.41) is 8.49. The van der Waals surface area contributed by atoms with Gasteiger partial charge in [0.05, 0.1) is 6.07 Å². The molecule has 0 saturated carbocycles. The number of nitriles is 1. The molecule has 0 bridgehead atoms. The first kappa shape index (κ1) is 8.54. The van der Waals surface area contributed by atoms with E-state index in [1.807, 2.05) is 18.4 Å². The van der Waals surface area contributed by atoms with Crippen molar-refractivity contribution in [1.29, 1.82) is 5.26 Å². The number of hydrogen-bond donors (Lipinski definition) is 0. The number of hydrogen-bond acceptors (Lipinski definition) is 2. The van der Waals surface area contributed by atoms with Crippen molar-refractivity contribution in [2.45, 2.75) is 20.4 Å². The molecule has 0 aliphatic heterocycles. The van der Waals surface area contributed by atoms with E-state index in [-0.39, 0.29) is 0 Å². The molecule has 0 radical (unpaired) electrons. The highest BCUT2D eigenvalue weighted by Crippen LogP contribution is 2.12. The fraction of sp³-hybridized carbons (Fsp3) is 0.333. The number of carbonyl (C=O) groups excluding carboxylic acids is 1. The van der Waals surface area contributed by atoms with Gasteiger partial charge in [-0.05, 0) is 19.9 Å². The largest absolute Gasteiger partial charge is 0.335 e. The molecule has 3 heteroatoms. The van der Waals surface area contributed by atoms with Gasteiger partial charge in [0.15, 0.2) is 6.29 Å².